The number of hydrogen-bond donors (Lipinski definition) is 2. The molecule has 3 aliphatic rings. The number of esters is 2. The first-order valence-corrected chi connectivity index (χ1v) is 19.8. The fourth-order valence-electron chi connectivity index (χ4n) is 6.68. The lowest BCUT2D eigenvalue weighted by atomic mass is 9.75. The second-order valence-corrected chi connectivity index (χ2v) is 17.8. The molecule has 3 saturated heterocycles. The standard InChI is InChI=1S/C18H22N2O3.C16H23BO4.C8H11IN2O.2CH4/c1-10-6-11(2)14(16(21)22-5)7-13(10)15-12(3)19-17(20-15)18(4)8-23-9-18;1-10-8-11(2)13(9-12(10)14(18)19-7)17-20-15(3,4)16(5,6)21-17;1-5-6(9)11-7(10-5)8(2)3-12-4-8;;/h6-7H,8-9H2,1-5H3,(H,19,20);8-9H,1-7H3;3-4H2,1-2H3,(H,10,11);2*1H4. The average Bonchev–Trinajstić information content (AvgIpc) is 3.72. The first kappa shape index (κ1) is 48.8. The van der Waals surface area contributed by atoms with Gasteiger partial charge in [0.05, 0.1) is 79.5 Å². The molecule has 5 heterocycles. The molecule has 4 aromatic rings. The van der Waals surface area contributed by atoms with Crippen molar-refractivity contribution in [2.24, 2.45) is 0 Å². The Morgan fingerprint density at radius 2 is 1.09 bits per heavy atom. The molecule has 0 unspecified atom stereocenters. The number of hydrogen-bond acceptors (Lipinski definition) is 10. The van der Waals surface area contributed by atoms with E-state index in [0.29, 0.717) is 24.3 Å². The van der Waals surface area contributed by atoms with Crippen LogP contribution in [0.3, 0.4) is 0 Å². The number of imidazole rings is 2. The summed E-state index contributed by atoms with van der Waals surface area (Å²) in [5, 5.41) is 0. The summed E-state index contributed by atoms with van der Waals surface area (Å²) >= 11 is 2.24. The number of halogens is 1. The molecule has 0 bridgehead atoms. The Hall–Kier alpha value is -3.57. The average molecular weight is 915 g/mol. The Kier molecular flexibility index (Phi) is 15.5. The van der Waals surface area contributed by atoms with Gasteiger partial charge in [-0.15, -0.1) is 0 Å². The highest BCUT2D eigenvalue weighted by Crippen LogP contribution is 2.37. The van der Waals surface area contributed by atoms with Crippen molar-refractivity contribution in [1.29, 1.82) is 0 Å². The number of nitrogens with one attached hydrogen (secondary N) is 2. The van der Waals surface area contributed by atoms with Crippen molar-refractivity contribution >= 4 is 47.1 Å². The Morgan fingerprint density at radius 1 is 0.655 bits per heavy atom. The predicted octanol–water partition coefficient (Wildman–Crippen LogP) is 8.35. The van der Waals surface area contributed by atoms with E-state index < -0.39 is 18.3 Å². The number of nitrogens with zero attached hydrogens (tertiary/aromatic N) is 2. The zero-order chi connectivity index (χ0) is 41.5. The first-order valence-electron chi connectivity index (χ1n) is 18.8. The molecule has 3 aliphatic heterocycles. The monoisotopic (exact) mass is 914 g/mol. The highest BCUT2D eigenvalue weighted by molar-refractivity contribution is 14.1. The zero-order valence-electron chi connectivity index (χ0n) is 35.3. The number of rotatable bonds is 6. The van der Waals surface area contributed by atoms with Crippen LogP contribution in [0.25, 0.3) is 11.3 Å². The van der Waals surface area contributed by atoms with Gasteiger partial charge >= 0.3 is 19.1 Å². The number of ether oxygens (including phenoxy) is 4. The smallest absolute Gasteiger partial charge is 0.465 e. The van der Waals surface area contributed by atoms with Gasteiger partial charge in [-0.05, 0) is 140 Å². The molecule has 14 heteroatoms. The van der Waals surface area contributed by atoms with Gasteiger partial charge < -0.3 is 38.2 Å². The molecule has 0 aliphatic carbocycles. The van der Waals surface area contributed by atoms with Crippen LogP contribution in [-0.2, 0) is 39.1 Å². The van der Waals surface area contributed by atoms with E-state index in [4.69, 9.17) is 33.2 Å². The third-order valence-corrected chi connectivity index (χ3v) is 12.3. The van der Waals surface area contributed by atoms with Gasteiger partial charge in [0.1, 0.15) is 15.3 Å². The first-order chi connectivity index (χ1) is 26.1. The van der Waals surface area contributed by atoms with E-state index in [0.717, 1.165) is 78.9 Å². The van der Waals surface area contributed by atoms with E-state index in [1.54, 1.807) is 0 Å². The van der Waals surface area contributed by atoms with Gasteiger partial charge in [0.2, 0.25) is 0 Å². The molecule has 2 aromatic carbocycles. The normalized spacial score (nSPS) is 17.7. The van der Waals surface area contributed by atoms with Crippen LogP contribution < -0.4 is 5.46 Å². The molecular weight excluding hydrogens is 850 g/mol. The van der Waals surface area contributed by atoms with E-state index in [2.05, 4.69) is 51.4 Å². The predicted molar refractivity (Wildman–Crippen MR) is 238 cm³/mol. The number of aromatic amines is 2. The largest absolute Gasteiger partial charge is 0.495 e. The van der Waals surface area contributed by atoms with Gasteiger partial charge in [-0.25, -0.2) is 19.6 Å². The van der Waals surface area contributed by atoms with Gasteiger partial charge in [-0.2, -0.15) is 0 Å². The molecule has 0 radical (unpaired) electrons. The number of methoxy groups -OCH3 is 2. The van der Waals surface area contributed by atoms with Crippen LogP contribution in [0.5, 0.6) is 0 Å². The molecule has 318 valence electrons. The zero-order valence-corrected chi connectivity index (χ0v) is 37.4. The Bertz CT molecular complexity index is 2080. The van der Waals surface area contributed by atoms with Crippen molar-refractivity contribution < 1.29 is 37.8 Å². The maximum atomic E-state index is 12.0. The van der Waals surface area contributed by atoms with Crippen LogP contribution in [-0.4, -0.2) is 90.8 Å². The SMILES string of the molecule is C.C.COC(=O)c1cc(-c2nc(C3(C)COC3)[nH]c2C)c(C)cc1C.COC(=O)c1cc(B2OC(C)(C)C(C)(C)O2)c(C)cc1C.Cc1[nH]c(C2(C)COC2)nc1I. The third kappa shape index (κ3) is 9.72. The van der Waals surface area contributed by atoms with Crippen molar-refractivity contribution in [1.82, 2.24) is 19.9 Å². The lowest BCUT2D eigenvalue weighted by Crippen LogP contribution is -2.44. The minimum absolute atomic E-state index is 0. The molecule has 2 aromatic heterocycles. The molecule has 12 nitrogen and oxygen atoms in total. The molecule has 3 fully saturated rings. The lowest BCUT2D eigenvalue weighted by Gasteiger charge is -2.36. The number of benzene rings is 2. The van der Waals surface area contributed by atoms with E-state index in [1.807, 2.05) is 93.5 Å². The van der Waals surface area contributed by atoms with Crippen LogP contribution in [0, 0.1) is 45.2 Å². The number of aryl methyl sites for hydroxylation is 6. The highest BCUT2D eigenvalue weighted by Gasteiger charge is 2.52. The van der Waals surface area contributed by atoms with E-state index >= 15 is 0 Å². The van der Waals surface area contributed by atoms with Crippen molar-refractivity contribution in [3.05, 3.63) is 84.4 Å². The minimum Gasteiger partial charge on any atom is -0.465 e. The summed E-state index contributed by atoms with van der Waals surface area (Å²) in [5.41, 5.74) is 9.20. The molecule has 58 heavy (non-hydrogen) atoms. The topological polar surface area (TPSA) is 147 Å². The summed E-state index contributed by atoms with van der Waals surface area (Å²) in [6, 6.07) is 7.66. The van der Waals surface area contributed by atoms with Crippen molar-refractivity contribution in [2.45, 2.75) is 120 Å². The second kappa shape index (κ2) is 18.4. The van der Waals surface area contributed by atoms with Crippen LogP contribution in [0.15, 0.2) is 24.3 Å². The molecular formula is C44H64BIN4O8. The van der Waals surface area contributed by atoms with Gasteiger partial charge in [-0.1, -0.05) is 32.5 Å². The highest BCUT2D eigenvalue weighted by atomic mass is 127. The summed E-state index contributed by atoms with van der Waals surface area (Å²) in [6.45, 7) is 27.2. The molecule has 7 rings (SSSR count). The molecule has 0 saturated carbocycles. The Labute approximate surface area is 359 Å². The Morgan fingerprint density at radius 3 is 1.50 bits per heavy atom. The third-order valence-electron chi connectivity index (χ3n) is 11.3. The van der Waals surface area contributed by atoms with Gasteiger partial charge in [-0.3, -0.25) is 0 Å². The van der Waals surface area contributed by atoms with E-state index in [1.165, 1.54) is 14.2 Å². The fraction of sp³-hybridized carbons (Fsp3) is 0.545. The maximum absolute atomic E-state index is 12.0. The summed E-state index contributed by atoms with van der Waals surface area (Å²) < 4.78 is 33.4. The summed E-state index contributed by atoms with van der Waals surface area (Å²) in [6.07, 6.45) is 0. The number of aromatic nitrogens is 4. The molecule has 0 spiro atoms. The lowest BCUT2D eigenvalue weighted by molar-refractivity contribution is -0.0540. The number of H-pyrrole nitrogens is 2. The van der Waals surface area contributed by atoms with Crippen LogP contribution >= 0.6 is 22.6 Å². The number of carbonyl (C=O) groups excluding carboxylic acids is 2. The summed E-state index contributed by atoms with van der Waals surface area (Å²) in [5.74, 6) is 1.34. The summed E-state index contributed by atoms with van der Waals surface area (Å²) in [4.78, 5) is 39.8. The van der Waals surface area contributed by atoms with Gasteiger partial charge in [0.25, 0.3) is 0 Å². The van der Waals surface area contributed by atoms with E-state index in [9.17, 15) is 9.59 Å². The Balaban J connectivity index is 0.000000239. The maximum Gasteiger partial charge on any atom is 0.495 e. The van der Waals surface area contributed by atoms with Crippen LogP contribution in [0.4, 0.5) is 0 Å². The molecule has 0 atom stereocenters. The molecule has 2 N–H and O–H groups in total. The van der Waals surface area contributed by atoms with Crippen molar-refractivity contribution in [3.63, 3.8) is 0 Å². The quantitative estimate of drug-likeness (QED) is 0.110. The van der Waals surface area contributed by atoms with Crippen LogP contribution in [0.1, 0.15) is 122 Å². The number of carbonyl (C=O) groups is 2. The van der Waals surface area contributed by atoms with Crippen LogP contribution in [0.2, 0.25) is 0 Å². The summed E-state index contributed by atoms with van der Waals surface area (Å²) in [7, 11) is 2.31. The second-order valence-electron chi connectivity index (χ2n) is 16.7. The van der Waals surface area contributed by atoms with Gasteiger partial charge in [0, 0.05) is 17.0 Å². The van der Waals surface area contributed by atoms with Crippen molar-refractivity contribution in [2.75, 3.05) is 40.6 Å². The minimum atomic E-state index is -0.473. The fourth-order valence-corrected chi connectivity index (χ4v) is 7.06. The van der Waals surface area contributed by atoms with Crippen molar-refractivity contribution in [3.8, 4) is 11.3 Å². The molecule has 0 amide bonds. The van der Waals surface area contributed by atoms with Gasteiger partial charge in [0.15, 0.2) is 0 Å². The van der Waals surface area contributed by atoms with E-state index in [-0.39, 0.29) is 37.6 Å².